The number of thiophene rings is 1. The van der Waals surface area contributed by atoms with Gasteiger partial charge in [-0.2, -0.15) is 0 Å². The Hall–Kier alpha value is -0.540. The van der Waals surface area contributed by atoms with Gasteiger partial charge in [-0.05, 0) is 47.9 Å². The first-order valence-corrected chi connectivity index (χ1v) is 8.47. The van der Waals surface area contributed by atoms with E-state index in [0.717, 1.165) is 24.8 Å². The highest BCUT2D eigenvalue weighted by atomic mass is 35.5. The lowest BCUT2D eigenvalue weighted by molar-refractivity contribution is 0.135. The van der Waals surface area contributed by atoms with Crippen LogP contribution in [0.2, 0.25) is 10.0 Å². The zero-order valence-corrected chi connectivity index (χ0v) is 13.3. The van der Waals surface area contributed by atoms with Crippen LogP contribution in [0.3, 0.4) is 0 Å². The van der Waals surface area contributed by atoms with Crippen LogP contribution in [0.5, 0.6) is 0 Å². The van der Waals surface area contributed by atoms with Crippen molar-refractivity contribution in [3.05, 3.63) is 55.7 Å². The van der Waals surface area contributed by atoms with Crippen LogP contribution in [-0.4, -0.2) is 11.2 Å². The first-order valence-electron chi connectivity index (χ1n) is 6.84. The summed E-state index contributed by atoms with van der Waals surface area (Å²) >= 11 is 14.0. The lowest BCUT2D eigenvalue weighted by atomic mass is 9.82. The van der Waals surface area contributed by atoms with E-state index >= 15 is 0 Å². The number of rotatable bonds is 3. The van der Waals surface area contributed by atoms with Crippen LogP contribution >= 0.6 is 34.5 Å². The van der Waals surface area contributed by atoms with Crippen molar-refractivity contribution in [2.24, 2.45) is 0 Å². The fourth-order valence-corrected chi connectivity index (χ4v) is 4.39. The Morgan fingerprint density at radius 1 is 1.30 bits per heavy atom. The van der Waals surface area contributed by atoms with E-state index in [9.17, 15) is 5.11 Å². The van der Waals surface area contributed by atoms with Crippen LogP contribution < -0.4 is 0 Å². The number of hydrogen-bond acceptors (Lipinski definition) is 2. The summed E-state index contributed by atoms with van der Waals surface area (Å²) in [5.74, 6) is 0.222. The van der Waals surface area contributed by atoms with Crippen LogP contribution in [0, 0.1) is 0 Å². The summed E-state index contributed by atoms with van der Waals surface area (Å²) in [4.78, 5) is 1.43. The standard InChI is InChI=1S/C16H16Cl2OS/c17-13-5-1-3-10(16(13)18)9-14(19)11-4-2-6-15-12(11)7-8-20-15/h1,3,5,7-8,11,14,19H,2,4,6,9H2. The van der Waals surface area contributed by atoms with Gasteiger partial charge in [0.2, 0.25) is 0 Å². The number of aliphatic hydroxyl groups is 1. The molecule has 3 rings (SSSR count). The molecule has 0 bridgehead atoms. The van der Waals surface area contributed by atoms with Crippen molar-refractivity contribution in [2.45, 2.75) is 37.7 Å². The van der Waals surface area contributed by atoms with Crippen LogP contribution in [-0.2, 0) is 12.8 Å². The average molecular weight is 327 g/mol. The normalized spacial score (nSPS) is 19.6. The largest absolute Gasteiger partial charge is 0.392 e. The number of aryl methyl sites for hydroxylation is 1. The van der Waals surface area contributed by atoms with Crippen molar-refractivity contribution >= 4 is 34.5 Å². The van der Waals surface area contributed by atoms with Gasteiger partial charge in [0.05, 0.1) is 16.1 Å². The smallest absolute Gasteiger partial charge is 0.0649 e. The summed E-state index contributed by atoms with van der Waals surface area (Å²) in [6.07, 6.45) is 3.49. The monoisotopic (exact) mass is 326 g/mol. The molecule has 1 heterocycles. The molecule has 0 fully saturated rings. The molecule has 1 aromatic heterocycles. The number of benzene rings is 1. The second-order valence-electron chi connectivity index (χ2n) is 5.28. The Balaban J connectivity index is 1.81. The molecule has 2 aromatic rings. The predicted octanol–water partition coefficient (Wildman–Crippen LogP) is 5.08. The van der Waals surface area contributed by atoms with Gasteiger partial charge in [0, 0.05) is 17.2 Å². The van der Waals surface area contributed by atoms with Gasteiger partial charge >= 0.3 is 0 Å². The molecule has 0 spiro atoms. The van der Waals surface area contributed by atoms with Crippen molar-refractivity contribution in [2.75, 3.05) is 0 Å². The molecule has 0 saturated carbocycles. The Bertz CT molecular complexity index is 608. The molecule has 4 heteroatoms. The third-order valence-electron chi connectivity index (χ3n) is 4.02. The number of fused-ring (bicyclic) bond motifs is 1. The fourth-order valence-electron chi connectivity index (χ4n) is 3.00. The van der Waals surface area contributed by atoms with E-state index in [4.69, 9.17) is 23.2 Å². The van der Waals surface area contributed by atoms with Gasteiger partial charge in [-0.3, -0.25) is 0 Å². The molecular weight excluding hydrogens is 311 g/mol. The minimum atomic E-state index is -0.403. The van der Waals surface area contributed by atoms with Crippen molar-refractivity contribution < 1.29 is 5.11 Å². The third-order valence-corrected chi connectivity index (χ3v) is 5.88. The molecule has 0 saturated heterocycles. The van der Waals surface area contributed by atoms with Gasteiger partial charge in [-0.25, -0.2) is 0 Å². The molecule has 1 N–H and O–H groups in total. The van der Waals surface area contributed by atoms with E-state index in [0.29, 0.717) is 16.5 Å². The molecule has 1 aliphatic carbocycles. The van der Waals surface area contributed by atoms with E-state index in [-0.39, 0.29) is 5.92 Å². The van der Waals surface area contributed by atoms with E-state index < -0.39 is 6.10 Å². The van der Waals surface area contributed by atoms with E-state index in [1.807, 2.05) is 12.1 Å². The first kappa shape index (κ1) is 14.4. The molecule has 106 valence electrons. The maximum Gasteiger partial charge on any atom is 0.0649 e. The van der Waals surface area contributed by atoms with E-state index in [1.54, 1.807) is 17.4 Å². The summed E-state index contributed by atoms with van der Waals surface area (Å²) in [6, 6.07) is 7.76. The molecule has 1 aromatic carbocycles. The molecule has 1 nitrogen and oxygen atoms in total. The SMILES string of the molecule is OC(Cc1cccc(Cl)c1Cl)C1CCCc2sccc21. The van der Waals surface area contributed by atoms with Crippen molar-refractivity contribution in [3.63, 3.8) is 0 Å². The lowest BCUT2D eigenvalue weighted by Crippen LogP contribution is -2.24. The second-order valence-corrected chi connectivity index (χ2v) is 7.07. The predicted molar refractivity (Wildman–Crippen MR) is 86.2 cm³/mol. The quantitative estimate of drug-likeness (QED) is 0.834. The topological polar surface area (TPSA) is 20.2 Å². The van der Waals surface area contributed by atoms with Crippen molar-refractivity contribution in [1.29, 1.82) is 0 Å². The minimum Gasteiger partial charge on any atom is -0.392 e. The zero-order valence-electron chi connectivity index (χ0n) is 11.0. The van der Waals surface area contributed by atoms with Crippen molar-refractivity contribution in [1.82, 2.24) is 0 Å². The van der Waals surface area contributed by atoms with Gasteiger partial charge in [-0.15, -0.1) is 11.3 Å². The first-order chi connectivity index (χ1) is 9.66. The minimum absolute atomic E-state index is 0.222. The number of aliphatic hydroxyl groups excluding tert-OH is 1. The molecule has 0 radical (unpaired) electrons. The summed E-state index contributed by atoms with van der Waals surface area (Å²) in [6.45, 7) is 0. The maximum absolute atomic E-state index is 10.6. The van der Waals surface area contributed by atoms with Crippen LogP contribution in [0.1, 0.15) is 34.8 Å². The van der Waals surface area contributed by atoms with E-state index in [1.165, 1.54) is 10.4 Å². The Morgan fingerprint density at radius 3 is 3.00 bits per heavy atom. The van der Waals surface area contributed by atoms with Crippen LogP contribution in [0.15, 0.2) is 29.6 Å². The molecule has 20 heavy (non-hydrogen) atoms. The molecule has 2 unspecified atom stereocenters. The summed E-state index contributed by atoms with van der Waals surface area (Å²) in [7, 11) is 0. The van der Waals surface area contributed by atoms with Gasteiger partial charge < -0.3 is 5.11 Å². The summed E-state index contributed by atoms with van der Waals surface area (Å²) in [5, 5.41) is 13.9. The van der Waals surface area contributed by atoms with Gasteiger partial charge in [-0.1, -0.05) is 35.3 Å². The second kappa shape index (κ2) is 6.07. The molecular formula is C16H16Cl2OS. The van der Waals surface area contributed by atoms with Gasteiger partial charge in [0.1, 0.15) is 0 Å². The third kappa shape index (κ3) is 2.75. The highest BCUT2D eigenvalue weighted by Crippen LogP contribution is 2.38. The number of halogens is 2. The van der Waals surface area contributed by atoms with E-state index in [2.05, 4.69) is 11.4 Å². The molecule has 0 amide bonds. The highest BCUT2D eigenvalue weighted by molar-refractivity contribution is 7.10. The average Bonchev–Trinajstić information content (AvgIpc) is 2.92. The summed E-state index contributed by atoms with van der Waals surface area (Å²) < 4.78 is 0. The molecule has 1 aliphatic rings. The van der Waals surface area contributed by atoms with Crippen LogP contribution in [0.25, 0.3) is 0 Å². The molecule has 0 aliphatic heterocycles. The Morgan fingerprint density at radius 2 is 2.15 bits per heavy atom. The van der Waals surface area contributed by atoms with Gasteiger partial charge in [0.25, 0.3) is 0 Å². The zero-order chi connectivity index (χ0) is 14.1. The number of hydrogen-bond donors (Lipinski definition) is 1. The Kier molecular flexibility index (Phi) is 4.37. The maximum atomic E-state index is 10.6. The highest BCUT2D eigenvalue weighted by Gasteiger charge is 2.28. The fraction of sp³-hybridized carbons (Fsp3) is 0.375. The van der Waals surface area contributed by atoms with Gasteiger partial charge in [0.15, 0.2) is 0 Å². The molecule has 2 atom stereocenters. The van der Waals surface area contributed by atoms with Crippen LogP contribution in [0.4, 0.5) is 0 Å². The summed E-state index contributed by atoms with van der Waals surface area (Å²) in [5.41, 5.74) is 2.25. The Labute approximate surface area is 133 Å². The van der Waals surface area contributed by atoms with Crippen molar-refractivity contribution in [3.8, 4) is 0 Å². The lowest BCUT2D eigenvalue weighted by Gasteiger charge is -2.27.